The topological polar surface area (TPSA) is 35.0 Å². The van der Waals surface area contributed by atoms with Gasteiger partial charge in [-0.1, -0.05) is 0 Å². The van der Waals surface area contributed by atoms with Crippen molar-refractivity contribution >= 4 is 72.2 Å². The Morgan fingerprint density at radius 3 is 1.00 bits per heavy atom. The minimum atomic E-state index is 0. The van der Waals surface area contributed by atoms with Gasteiger partial charge in [0.2, 0.25) is 0 Å². The molecule has 0 aromatic rings. The molecule has 0 aliphatic carbocycles. The van der Waals surface area contributed by atoms with Crippen LogP contribution in [-0.2, 0) is 0 Å². The van der Waals surface area contributed by atoms with E-state index < -0.39 is 0 Å². The van der Waals surface area contributed by atoms with Crippen LogP contribution >= 0.6 is 9.90 Å². The van der Waals surface area contributed by atoms with Gasteiger partial charge in [-0.2, -0.15) is 9.90 Å². The number of hydrogen-bond donors (Lipinski definition) is 1. The van der Waals surface area contributed by atoms with Gasteiger partial charge in [-0.05, 0) is 0 Å². The third-order valence-electron chi connectivity index (χ3n) is 0. The third-order valence-corrected chi connectivity index (χ3v) is 0. The summed E-state index contributed by atoms with van der Waals surface area (Å²) in [6, 6.07) is 0. The van der Waals surface area contributed by atoms with Crippen LogP contribution in [0.2, 0.25) is 0 Å². The fraction of sp³-hybridized carbons (Fsp3) is 0. The van der Waals surface area contributed by atoms with Crippen LogP contribution in [0.1, 0.15) is 0 Å². The molecule has 0 aromatic heterocycles. The Morgan fingerprint density at radius 1 is 1.00 bits per heavy atom. The molecule has 1 atom stereocenters. The molecule has 0 aliphatic rings. The van der Waals surface area contributed by atoms with Gasteiger partial charge in [0.25, 0.3) is 0 Å². The molecule has 0 saturated heterocycles. The molecule has 3 N–H and O–H groups in total. The van der Waals surface area contributed by atoms with E-state index in [1.807, 2.05) is 0 Å². The summed E-state index contributed by atoms with van der Waals surface area (Å²) in [5.41, 5.74) is 0. The molecule has 0 aliphatic heterocycles. The van der Waals surface area contributed by atoms with Crippen LogP contribution in [0.5, 0.6) is 0 Å². The van der Waals surface area contributed by atoms with Crippen LogP contribution in [0.25, 0.3) is 0 Å². The van der Waals surface area contributed by atoms with Crippen molar-refractivity contribution in [3.63, 3.8) is 0 Å². The van der Waals surface area contributed by atoms with E-state index in [2.05, 4.69) is 0 Å². The summed E-state index contributed by atoms with van der Waals surface area (Å²) in [6.07, 6.45) is 0. The molecule has 0 amide bonds. The fourth-order valence-electron chi connectivity index (χ4n) is 0. The molecule has 0 fully saturated rings. The van der Waals surface area contributed by atoms with Crippen LogP contribution in [0.4, 0.5) is 0 Å². The van der Waals surface area contributed by atoms with E-state index in [4.69, 9.17) is 0 Å². The van der Waals surface area contributed by atoms with Gasteiger partial charge >= 0.3 is 0 Å². The first kappa shape index (κ1) is 34.1. The maximum Gasteiger partial charge on any atom is 0 e. The molecule has 0 spiro atoms. The van der Waals surface area contributed by atoms with E-state index in [0.717, 1.165) is 0 Å². The Morgan fingerprint density at radius 2 is 1.00 bits per heavy atom. The van der Waals surface area contributed by atoms with Crippen molar-refractivity contribution in [2.45, 2.75) is 0 Å². The standard InChI is InChI=1S/K.H3N.H3P.Si/h;2*1H3;. The minimum absolute atomic E-state index is 0. The number of hydrogen-bond acceptors (Lipinski definition) is 1. The van der Waals surface area contributed by atoms with Gasteiger partial charge in [0, 0.05) is 62.3 Å². The molecule has 4 heavy (non-hydrogen) atoms. The van der Waals surface area contributed by atoms with Crippen molar-refractivity contribution in [3.8, 4) is 0 Å². The predicted octanol–water partition coefficient (Wildman–Crippen LogP) is -0.542. The van der Waals surface area contributed by atoms with Crippen molar-refractivity contribution in [2.75, 3.05) is 0 Å². The summed E-state index contributed by atoms with van der Waals surface area (Å²) in [6.45, 7) is 0. The van der Waals surface area contributed by atoms with Crippen LogP contribution in [0, 0.1) is 0 Å². The van der Waals surface area contributed by atoms with Crippen molar-refractivity contribution in [2.24, 2.45) is 0 Å². The van der Waals surface area contributed by atoms with E-state index in [-0.39, 0.29) is 78.4 Å². The molecule has 4 heteroatoms. The van der Waals surface area contributed by atoms with Gasteiger partial charge in [0.15, 0.2) is 0 Å². The van der Waals surface area contributed by atoms with Crippen molar-refractivity contribution in [1.29, 1.82) is 0 Å². The first-order valence-corrected chi connectivity index (χ1v) is 0. The zero-order valence-corrected chi connectivity index (χ0v) is 8.45. The third kappa shape index (κ3) is 8.87. The van der Waals surface area contributed by atoms with E-state index in [9.17, 15) is 0 Å². The van der Waals surface area contributed by atoms with Crippen LogP contribution in [-0.4, -0.2) is 62.3 Å². The zero-order chi connectivity index (χ0) is 0. The van der Waals surface area contributed by atoms with E-state index in [0.29, 0.717) is 0 Å². The summed E-state index contributed by atoms with van der Waals surface area (Å²) in [5, 5.41) is 0. The molecule has 0 saturated carbocycles. The quantitative estimate of drug-likeness (QED) is 0.336. The van der Waals surface area contributed by atoms with E-state index in [1.165, 1.54) is 0 Å². The molecular formula is H6KNPSi. The fourth-order valence-corrected chi connectivity index (χ4v) is 0. The van der Waals surface area contributed by atoms with Gasteiger partial charge in [0.1, 0.15) is 0 Å². The second-order valence-electron chi connectivity index (χ2n) is 0. The Balaban J connectivity index is 0. The number of rotatable bonds is 0. The molecule has 0 heterocycles. The Bertz CT molecular complexity index is 8.00. The Kier molecular flexibility index (Phi) is 160. The molecule has 0 rings (SSSR count). The molecule has 0 bridgehead atoms. The first-order valence-electron chi connectivity index (χ1n) is 0. The van der Waals surface area contributed by atoms with Crippen molar-refractivity contribution in [3.05, 3.63) is 0 Å². The van der Waals surface area contributed by atoms with Crippen molar-refractivity contribution < 1.29 is 0 Å². The van der Waals surface area contributed by atoms with E-state index >= 15 is 0 Å². The van der Waals surface area contributed by atoms with Gasteiger partial charge < -0.3 is 6.15 Å². The summed E-state index contributed by atoms with van der Waals surface area (Å²) < 4.78 is 0. The summed E-state index contributed by atoms with van der Waals surface area (Å²) >= 11 is 0. The molecule has 5 radical (unpaired) electrons. The maximum atomic E-state index is 0. The second kappa shape index (κ2) is 18.8. The predicted molar refractivity (Wildman–Crippen MR) is 27.6 cm³/mol. The second-order valence-corrected chi connectivity index (χ2v) is 0. The average Bonchev–Trinajstić information content (AvgIpc) is 0. The smallest absolute Gasteiger partial charge is 0 e. The minimum Gasteiger partial charge on any atom is -0.344 e. The molecule has 0 aromatic carbocycles. The summed E-state index contributed by atoms with van der Waals surface area (Å²) in [4.78, 5) is 0. The van der Waals surface area contributed by atoms with Gasteiger partial charge in [-0.15, -0.1) is 0 Å². The SMILES string of the molecule is N.P.[K].[Si]. The van der Waals surface area contributed by atoms with Crippen LogP contribution in [0.15, 0.2) is 0 Å². The van der Waals surface area contributed by atoms with E-state index in [1.54, 1.807) is 0 Å². The van der Waals surface area contributed by atoms with Crippen molar-refractivity contribution in [1.82, 2.24) is 6.15 Å². The van der Waals surface area contributed by atoms with Gasteiger partial charge in [-0.25, -0.2) is 0 Å². The maximum absolute atomic E-state index is 0. The summed E-state index contributed by atoms with van der Waals surface area (Å²) in [5.74, 6) is 0. The normalized spacial score (nSPS) is 0. The monoisotopic (exact) mass is 118 g/mol. The van der Waals surface area contributed by atoms with Crippen LogP contribution in [0.3, 0.4) is 0 Å². The molecule has 1 unspecified atom stereocenters. The molecule has 1 nitrogen and oxygen atoms in total. The Labute approximate surface area is 77.0 Å². The van der Waals surface area contributed by atoms with Gasteiger partial charge in [-0.3, -0.25) is 0 Å². The van der Waals surface area contributed by atoms with Crippen LogP contribution < -0.4 is 6.15 Å². The average molecular weight is 118 g/mol. The molecular weight excluding hydrogens is 112 g/mol. The Hall–Kier alpha value is 2.24. The largest absolute Gasteiger partial charge is 0.344 e. The first-order chi connectivity index (χ1) is 0. The summed E-state index contributed by atoms with van der Waals surface area (Å²) in [7, 11) is 0. The zero-order valence-electron chi connectivity index (χ0n) is 2.91. The van der Waals surface area contributed by atoms with Gasteiger partial charge in [0.05, 0.1) is 0 Å². The molecule has 21 valence electrons.